The molecule has 0 aliphatic carbocycles. The number of nitrogens with zero attached hydrogens (tertiary/aromatic N) is 1. The highest BCUT2D eigenvalue weighted by atomic mass is 32.2. The molecule has 0 aliphatic heterocycles. The van der Waals surface area contributed by atoms with Crippen LogP contribution in [0.5, 0.6) is 0 Å². The van der Waals surface area contributed by atoms with Crippen molar-refractivity contribution in [1.29, 1.82) is 0 Å². The molecule has 0 aliphatic rings. The molecule has 1 rings (SSSR count). The third kappa shape index (κ3) is 3.75. The smallest absolute Gasteiger partial charge is 0.103 e. The molecule has 0 saturated heterocycles. The van der Waals surface area contributed by atoms with Crippen LogP contribution in [0.1, 0.15) is 43.3 Å². The summed E-state index contributed by atoms with van der Waals surface area (Å²) in [7, 11) is 1.99. The van der Waals surface area contributed by atoms with Crippen molar-refractivity contribution >= 4 is 23.1 Å². The SMILES string of the molecule is CCSCc1nc(C(C)(C)C)c(CNC)s1. The van der Waals surface area contributed by atoms with Crippen molar-refractivity contribution in [3.63, 3.8) is 0 Å². The summed E-state index contributed by atoms with van der Waals surface area (Å²) >= 11 is 3.80. The maximum Gasteiger partial charge on any atom is 0.103 e. The lowest BCUT2D eigenvalue weighted by Crippen LogP contribution is -2.16. The minimum Gasteiger partial charge on any atom is -0.315 e. The molecule has 1 heterocycles. The summed E-state index contributed by atoms with van der Waals surface area (Å²) in [4.78, 5) is 6.19. The van der Waals surface area contributed by atoms with Crippen LogP contribution < -0.4 is 5.32 Å². The predicted octanol–water partition coefficient (Wildman–Crippen LogP) is 3.41. The Morgan fingerprint density at radius 3 is 2.56 bits per heavy atom. The van der Waals surface area contributed by atoms with Crippen LogP contribution in [0, 0.1) is 0 Å². The normalized spacial score (nSPS) is 12.1. The van der Waals surface area contributed by atoms with Crippen LogP contribution in [-0.2, 0) is 17.7 Å². The second-order valence-corrected chi connectivity index (χ2v) is 7.24. The Hall–Kier alpha value is -0.0600. The second kappa shape index (κ2) is 6.03. The van der Waals surface area contributed by atoms with Gasteiger partial charge in [0, 0.05) is 22.6 Å². The van der Waals surface area contributed by atoms with E-state index in [4.69, 9.17) is 4.98 Å². The first kappa shape index (κ1) is 14.0. The minimum atomic E-state index is 0.151. The molecule has 1 aromatic heterocycles. The second-order valence-electron chi connectivity index (χ2n) is 4.80. The molecular weight excluding hydrogens is 236 g/mol. The minimum absolute atomic E-state index is 0.151. The summed E-state index contributed by atoms with van der Waals surface area (Å²) in [6, 6.07) is 0. The Morgan fingerprint density at radius 2 is 2.06 bits per heavy atom. The molecule has 2 nitrogen and oxygen atoms in total. The van der Waals surface area contributed by atoms with Crippen LogP contribution in [-0.4, -0.2) is 17.8 Å². The first-order valence-corrected chi connectivity index (χ1v) is 7.67. The Labute approximate surface area is 107 Å². The van der Waals surface area contributed by atoms with E-state index in [1.807, 2.05) is 30.1 Å². The average molecular weight is 258 g/mol. The first-order chi connectivity index (χ1) is 7.49. The number of hydrogen-bond acceptors (Lipinski definition) is 4. The third-order valence-electron chi connectivity index (χ3n) is 2.22. The van der Waals surface area contributed by atoms with E-state index in [1.54, 1.807) is 0 Å². The molecule has 0 atom stereocenters. The summed E-state index contributed by atoms with van der Waals surface area (Å²) in [5.41, 5.74) is 1.41. The zero-order valence-corrected chi connectivity index (χ0v) is 12.5. The summed E-state index contributed by atoms with van der Waals surface area (Å²) in [5, 5.41) is 4.50. The van der Waals surface area contributed by atoms with Crippen LogP contribution >= 0.6 is 23.1 Å². The number of thioether (sulfide) groups is 1. The van der Waals surface area contributed by atoms with Crippen molar-refractivity contribution < 1.29 is 0 Å². The van der Waals surface area contributed by atoms with Crippen LogP contribution in [0.3, 0.4) is 0 Å². The van der Waals surface area contributed by atoms with Crippen LogP contribution in [0.4, 0.5) is 0 Å². The molecule has 1 aromatic rings. The van der Waals surface area contributed by atoms with Crippen molar-refractivity contribution in [1.82, 2.24) is 10.3 Å². The molecule has 92 valence electrons. The van der Waals surface area contributed by atoms with E-state index < -0.39 is 0 Å². The van der Waals surface area contributed by atoms with Gasteiger partial charge in [-0.05, 0) is 12.8 Å². The standard InChI is InChI=1S/C12H22N2S2/c1-6-15-8-10-14-11(12(2,3)4)9(16-10)7-13-5/h13H,6-8H2,1-5H3. The van der Waals surface area contributed by atoms with E-state index in [-0.39, 0.29) is 5.41 Å². The molecule has 1 N–H and O–H groups in total. The van der Waals surface area contributed by atoms with Crippen molar-refractivity contribution in [2.75, 3.05) is 12.8 Å². The van der Waals surface area contributed by atoms with Gasteiger partial charge in [-0.3, -0.25) is 0 Å². The molecule has 0 amide bonds. The lowest BCUT2D eigenvalue weighted by molar-refractivity contribution is 0.562. The van der Waals surface area contributed by atoms with Crippen molar-refractivity contribution in [3.8, 4) is 0 Å². The van der Waals surface area contributed by atoms with E-state index in [0.29, 0.717) is 0 Å². The topological polar surface area (TPSA) is 24.9 Å². The molecule has 0 aromatic carbocycles. The first-order valence-electron chi connectivity index (χ1n) is 5.70. The maximum atomic E-state index is 4.80. The van der Waals surface area contributed by atoms with Gasteiger partial charge in [-0.25, -0.2) is 4.98 Å². The molecule has 0 bridgehead atoms. The molecule has 4 heteroatoms. The van der Waals surface area contributed by atoms with Gasteiger partial charge in [0.05, 0.1) is 5.69 Å². The summed E-state index contributed by atoms with van der Waals surface area (Å²) in [5.74, 6) is 2.21. The summed E-state index contributed by atoms with van der Waals surface area (Å²) in [6.07, 6.45) is 0. The van der Waals surface area contributed by atoms with E-state index in [9.17, 15) is 0 Å². The highest BCUT2D eigenvalue weighted by Crippen LogP contribution is 2.31. The molecule has 16 heavy (non-hydrogen) atoms. The number of nitrogens with one attached hydrogen (secondary N) is 1. The molecule has 0 saturated carbocycles. The molecular formula is C12H22N2S2. The number of aromatic nitrogens is 1. The van der Waals surface area contributed by atoms with Gasteiger partial charge in [-0.2, -0.15) is 11.8 Å². The van der Waals surface area contributed by atoms with Gasteiger partial charge in [-0.15, -0.1) is 11.3 Å². The predicted molar refractivity (Wildman–Crippen MR) is 75.4 cm³/mol. The van der Waals surface area contributed by atoms with Crippen LogP contribution in [0.25, 0.3) is 0 Å². The Morgan fingerprint density at radius 1 is 1.38 bits per heavy atom. The van der Waals surface area contributed by atoms with Gasteiger partial charge >= 0.3 is 0 Å². The van der Waals surface area contributed by atoms with Crippen molar-refractivity contribution in [3.05, 3.63) is 15.6 Å². The zero-order valence-electron chi connectivity index (χ0n) is 10.9. The highest BCUT2D eigenvalue weighted by molar-refractivity contribution is 7.98. The van der Waals surface area contributed by atoms with Gasteiger partial charge < -0.3 is 5.32 Å². The van der Waals surface area contributed by atoms with Gasteiger partial charge in [0.25, 0.3) is 0 Å². The Balaban J connectivity index is 2.91. The third-order valence-corrected chi connectivity index (χ3v) is 4.34. The monoisotopic (exact) mass is 258 g/mol. The lowest BCUT2D eigenvalue weighted by Gasteiger charge is -2.17. The van der Waals surface area contributed by atoms with Gasteiger partial charge in [-0.1, -0.05) is 27.7 Å². The number of thiazole rings is 1. The van der Waals surface area contributed by atoms with E-state index >= 15 is 0 Å². The quantitative estimate of drug-likeness (QED) is 0.876. The summed E-state index contributed by atoms with van der Waals surface area (Å²) in [6.45, 7) is 9.83. The fraction of sp³-hybridized carbons (Fsp3) is 0.750. The molecule has 0 fully saturated rings. The molecule has 0 radical (unpaired) electrons. The van der Waals surface area contributed by atoms with E-state index in [2.05, 4.69) is 33.0 Å². The lowest BCUT2D eigenvalue weighted by atomic mass is 9.91. The average Bonchev–Trinajstić information content (AvgIpc) is 2.58. The molecule has 0 unspecified atom stereocenters. The Kier molecular flexibility index (Phi) is 5.28. The van der Waals surface area contributed by atoms with E-state index in [0.717, 1.165) is 18.1 Å². The fourth-order valence-corrected chi connectivity index (χ4v) is 3.53. The Bertz CT molecular complexity index is 326. The van der Waals surface area contributed by atoms with Crippen molar-refractivity contribution in [2.45, 2.75) is 45.4 Å². The van der Waals surface area contributed by atoms with Crippen LogP contribution in [0.15, 0.2) is 0 Å². The van der Waals surface area contributed by atoms with Gasteiger partial charge in [0.2, 0.25) is 0 Å². The maximum absolute atomic E-state index is 4.80. The highest BCUT2D eigenvalue weighted by Gasteiger charge is 2.22. The number of rotatable bonds is 5. The van der Waals surface area contributed by atoms with Gasteiger partial charge in [0.1, 0.15) is 5.01 Å². The van der Waals surface area contributed by atoms with Crippen LogP contribution in [0.2, 0.25) is 0 Å². The van der Waals surface area contributed by atoms with Crippen molar-refractivity contribution in [2.24, 2.45) is 0 Å². The summed E-state index contributed by atoms with van der Waals surface area (Å²) < 4.78 is 0. The fourth-order valence-electron chi connectivity index (χ4n) is 1.52. The largest absolute Gasteiger partial charge is 0.315 e. The zero-order chi connectivity index (χ0) is 12.2. The van der Waals surface area contributed by atoms with E-state index in [1.165, 1.54) is 15.6 Å². The number of hydrogen-bond donors (Lipinski definition) is 1. The molecule has 0 spiro atoms. The van der Waals surface area contributed by atoms with Gasteiger partial charge in [0.15, 0.2) is 0 Å².